The molecule has 0 heterocycles. The van der Waals surface area contributed by atoms with E-state index in [9.17, 15) is 0 Å². The van der Waals surface area contributed by atoms with Gasteiger partial charge in [-0.15, -0.1) is 0 Å². The Kier molecular flexibility index (Phi) is 5.90. The number of hydrogen-bond donors (Lipinski definition) is 4. The maximum absolute atomic E-state index is 8.94. The molecule has 0 rings (SSSR count). The molecule has 0 unspecified atom stereocenters. The molecule has 0 aliphatic rings. The largest absolute Gasteiger partial charge is 0.394 e. The molecule has 0 amide bonds. The first-order valence-corrected chi connectivity index (χ1v) is 4.31. The first-order valence-electron chi connectivity index (χ1n) is 4.31. The molecular formula is C9H19NO3. The van der Waals surface area contributed by atoms with Crippen molar-refractivity contribution in [2.75, 3.05) is 26.4 Å². The Labute approximate surface area is 78.9 Å². The van der Waals surface area contributed by atoms with Crippen molar-refractivity contribution < 1.29 is 15.3 Å². The zero-order chi connectivity index (χ0) is 10.3. The summed E-state index contributed by atoms with van der Waals surface area (Å²) in [6.45, 7) is 3.61. The second-order valence-electron chi connectivity index (χ2n) is 3.42. The number of allylic oxidation sites excluding steroid dienone is 1. The predicted molar refractivity (Wildman–Crippen MR) is 51.4 cm³/mol. The average molecular weight is 189 g/mol. The van der Waals surface area contributed by atoms with Crippen molar-refractivity contribution in [1.29, 1.82) is 0 Å². The summed E-state index contributed by atoms with van der Waals surface area (Å²) in [6.07, 6.45) is 1.93. The Bertz CT molecular complexity index is 152. The lowest BCUT2D eigenvalue weighted by atomic mass is 10.0. The zero-order valence-electron chi connectivity index (χ0n) is 8.25. The Balaban J connectivity index is 4.03. The molecule has 0 aromatic carbocycles. The molecule has 0 aliphatic heterocycles. The van der Waals surface area contributed by atoms with E-state index in [0.717, 1.165) is 5.57 Å². The van der Waals surface area contributed by atoms with E-state index < -0.39 is 5.54 Å². The smallest absolute Gasteiger partial charge is 0.0884 e. The van der Waals surface area contributed by atoms with Crippen LogP contribution in [0.15, 0.2) is 11.6 Å². The minimum Gasteiger partial charge on any atom is -0.394 e. The van der Waals surface area contributed by atoms with Gasteiger partial charge in [-0.1, -0.05) is 11.6 Å². The van der Waals surface area contributed by atoms with Crippen LogP contribution in [-0.2, 0) is 0 Å². The molecule has 13 heavy (non-hydrogen) atoms. The fraction of sp³-hybridized carbons (Fsp3) is 0.778. The van der Waals surface area contributed by atoms with Gasteiger partial charge in [-0.3, -0.25) is 0 Å². The van der Waals surface area contributed by atoms with Crippen molar-refractivity contribution in [3.8, 4) is 0 Å². The van der Waals surface area contributed by atoms with E-state index in [1.165, 1.54) is 0 Å². The van der Waals surface area contributed by atoms with Crippen LogP contribution in [0.3, 0.4) is 0 Å². The van der Waals surface area contributed by atoms with Crippen LogP contribution in [0, 0.1) is 0 Å². The van der Waals surface area contributed by atoms with Crippen molar-refractivity contribution in [1.82, 2.24) is 5.32 Å². The van der Waals surface area contributed by atoms with Gasteiger partial charge in [0.1, 0.15) is 0 Å². The van der Waals surface area contributed by atoms with Gasteiger partial charge in [0, 0.05) is 6.54 Å². The monoisotopic (exact) mass is 189 g/mol. The minimum atomic E-state index is -0.966. The summed E-state index contributed by atoms with van der Waals surface area (Å²) in [5.74, 6) is 0. The van der Waals surface area contributed by atoms with Gasteiger partial charge in [0.2, 0.25) is 0 Å². The van der Waals surface area contributed by atoms with Crippen molar-refractivity contribution in [3.63, 3.8) is 0 Å². The second kappa shape index (κ2) is 6.10. The Morgan fingerprint density at radius 1 is 1.15 bits per heavy atom. The van der Waals surface area contributed by atoms with Crippen molar-refractivity contribution in [3.05, 3.63) is 11.6 Å². The minimum absolute atomic E-state index is 0.281. The van der Waals surface area contributed by atoms with Crippen molar-refractivity contribution in [2.45, 2.75) is 19.4 Å². The molecule has 0 radical (unpaired) electrons. The third kappa shape index (κ3) is 4.38. The standard InChI is InChI=1S/C9H19NO3/c1-8(2)3-4-10-9(5-11,6-12)7-13/h3,10-13H,4-7H2,1-2H3. The van der Waals surface area contributed by atoms with Crippen molar-refractivity contribution in [2.24, 2.45) is 0 Å². The van der Waals surface area contributed by atoms with E-state index >= 15 is 0 Å². The topological polar surface area (TPSA) is 72.7 Å². The van der Waals surface area contributed by atoms with Gasteiger partial charge in [-0.25, -0.2) is 0 Å². The lowest BCUT2D eigenvalue weighted by Gasteiger charge is -2.28. The molecule has 0 saturated heterocycles. The Morgan fingerprint density at radius 2 is 1.62 bits per heavy atom. The third-order valence-electron chi connectivity index (χ3n) is 1.90. The summed E-state index contributed by atoms with van der Waals surface area (Å²) in [5, 5.41) is 29.7. The zero-order valence-corrected chi connectivity index (χ0v) is 8.25. The normalized spacial score (nSPS) is 11.5. The predicted octanol–water partition coefficient (Wildman–Crippen LogP) is -0.742. The number of nitrogens with one attached hydrogen (secondary N) is 1. The van der Waals surface area contributed by atoms with Crippen LogP contribution in [0.5, 0.6) is 0 Å². The molecule has 0 spiro atoms. The molecule has 0 aromatic rings. The molecule has 0 saturated carbocycles. The van der Waals surface area contributed by atoms with Crippen LogP contribution in [0.4, 0.5) is 0 Å². The molecule has 4 N–H and O–H groups in total. The maximum atomic E-state index is 8.94. The lowest BCUT2D eigenvalue weighted by molar-refractivity contribution is 0.0451. The van der Waals surface area contributed by atoms with Crippen LogP contribution in [0.25, 0.3) is 0 Å². The number of aliphatic hydroxyl groups is 3. The van der Waals surface area contributed by atoms with Gasteiger partial charge in [0.15, 0.2) is 0 Å². The maximum Gasteiger partial charge on any atom is 0.0884 e. The van der Waals surface area contributed by atoms with E-state index in [1.807, 2.05) is 19.9 Å². The fourth-order valence-corrected chi connectivity index (χ4v) is 0.789. The van der Waals surface area contributed by atoms with E-state index in [4.69, 9.17) is 15.3 Å². The van der Waals surface area contributed by atoms with Gasteiger partial charge in [-0.2, -0.15) is 0 Å². The Hall–Kier alpha value is -0.420. The second-order valence-corrected chi connectivity index (χ2v) is 3.42. The molecule has 0 fully saturated rings. The van der Waals surface area contributed by atoms with Gasteiger partial charge in [-0.05, 0) is 13.8 Å². The summed E-state index contributed by atoms with van der Waals surface area (Å²) in [7, 11) is 0. The number of hydrogen-bond acceptors (Lipinski definition) is 4. The summed E-state index contributed by atoms with van der Waals surface area (Å²) < 4.78 is 0. The first-order chi connectivity index (χ1) is 6.10. The molecule has 0 aromatic heterocycles. The van der Waals surface area contributed by atoms with Gasteiger partial charge in [0.05, 0.1) is 25.4 Å². The van der Waals surface area contributed by atoms with Crippen LogP contribution in [0.1, 0.15) is 13.8 Å². The van der Waals surface area contributed by atoms with Crippen LogP contribution in [0.2, 0.25) is 0 Å². The van der Waals surface area contributed by atoms with Gasteiger partial charge < -0.3 is 20.6 Å². The van der Waals surface area contributed by atoms with Crippen molar-refractivity contribution >= 4 is 0 Å². The SMILES string of the molecule is CC(C)=CCNC(CO)(CO)CO. The molecule has 0 aliphatic carbocycles. The highest BCUT2D eigenvalue weighted by Crippen LogP contribution is 2.01. The van der Waals surface area contributed by atoms with E-state index in [2.05, 4.69) is 5.32 Å². The molecule has 4 nitrogen and oxygen atoms in total. The van der Waals surface area contributed by atoms with Crippen LogP contribution < -0.4 is 5.32 Å². The van der Waals surface area contributed by atoms with E-state index in [-0.39, 0.29) is 19.8 Å². The highest BCUT2D eigenvalue weighted by molar-refractivity contribution is 4.97. The lowest BCUT2D eigenvalue weighted by Crippen LogP contribution is -2.54. The summed E-state index contributed by atoms with van der Waals surface area (Å²) in [4.78, 5) is 0. The molecule has 78 valence electrons. The summed E-state index contributed by atoms with van der Waals surface area (Å²) in [5.41, 5.74) is 0.182. The quantitative estimate of drug-likeness (QED) is 0.415. The third-order valence-corrected chi connectivity index (χ3v) is 1.90. The first kappa shape index (κ1) is 12.6. The number of aliphatic hydroxyl groups excluding tert-OH is 3. The molecular weight excluding hydrogens is 170 g/mol. The average Bonchev–Trinajstić information content (AvgIpc) is 2.13. The molecule has 4 heteroatoms. The Morgan fingerprint density at radius 3 is 1.92 bits per heavy atom. The number of rotatable bonds is 6. The summed E-state index contributed by atoms with van der Waals surface area (Å²) in [6, 6.07) is 0. The molecule has 0 atom stereocenters. The van der Waals surface area contributed by atoms with E-state index in [1.54, 1.807) is 0 Å². The van der Waals surface area contributed by atoms with Crippen LogP contribution >= 0.6 is 0 Å². The summed E-state index contributed by atoms with van der Waals surface area (Å²) >= 11 is 0. The van der Waals surface area contributed by atoms with Gasteiger partial charge >= 0.3 is 0 Å². The highest BCUT2D eigenvalue weighted by atomic mass is 16.3. The van der Waals surface area contributed by atoms with Crippen LogP contribution in [-0.4, -0.2) is 47.2 Å². The van der Waals surface area contributed by atoms with E-state index in [0.29, 0.717) is 6.54 Å². The fourth-order valence-electron chi connectivity index (χ4n) is 0.789. The molecule has 0 bridgehead atoms. The highest BCUT2D eigenvalue weighted by Gasteiger charge is 2.26. The van der Waals surface area contributed by atoms with Gasteiger partial charge in [0.25, 0.3) is 0 Å².